The lowest BCUT2D eigenvalue weighted by molar-refractivity contribution is -0.136. The Hall–Kier alpha value is -1.75. The molecule has 0 spiro atoms. The third-order valence-electron chi connectivity index (χ3n) is 4.48. The lowest BCUT2D eigenvalue weighted by atomic mass is 10.1. The van der Waals surface area contributed by atoms with E-state index in [4.69, 9.17) is 5.73 Å². The highest BCUT2D eigenvalue weighted by atomic mass is 16.3. The second-order valence-electron chi connectivity index (χ2n) is 5.78. The number of phenols is 1. The van der Waals surface area contributed by atoms with E-state index in [1.54, 1.807) is 12.1 Å². The highest BCUT2D eigenvalue weighted by Crippen LogP contribution is 2.46. The van der Waals surface area contributed by atoms with Crippen LogP contribution in [0.1, 0.15) is 12.8 Å². The van der Waals surface area contributed by atoms with Crippen LogP contribution in [-0.2, 0) is 4.79 Å². The van der Waals surface area contributed by atoms with Gasteiger partial charge >= 0.3 is 0 Å². The van der Waals surface area contributed by atoms with Crippen molar-refractivity contribution in [2.45, 2.75) is 12.8 Å². The fourth-order valence-corrected chi connectivity index (χ4v) is 2.82. The Morgan fingerprint density at radius 2 is 1.75 bits per heavy atom. The first-order valence-corrected chi connectivity index (χ1v) is 7.18. The van der Waals surface area contributed by atoms with E-state index in [0.29, 0.717) is 6.54 Å². The lowest BCUT2D eigenvalue weighted by Gasteiger charge is -2.37. The van der Waals surface area contributed by atoms with E-state index in [0.717, 1.165) is 44.7 Å². The predicted octanol–water partition coefficient (Wildman–Crippen LogP) is 0.780. The maximum atomic E-state index is 12.4. The normalized spacial score (nSPS) is 20.9. The molecule has 1 heterocycles. The molecule has 5 nitrogen and oxygen atoms in total. The molecular formula is C15H21N3O2. The first kappa shape index (κ1) is 13.2. The summed E-state index contributed by atoms with van der Waals surface area (Å²) in [6.07, 6.45) is 1.89. The summed E-state index contributed by atoms with van der Waals surface area (Å²) in [5.74, 6) is 0.520. The molecule has 3 N–H and O–H groups in total. The number of anilines is 1. The number of nitrogens with zero attached hydrogens (tertiary/aromatic N) is 2. The lowest BCUT2D eigenvalue weighted by Crippen LogP contribution is -2.51. The second kappa shape index (κ2) is 4.98. The van der Waals surface area contributed by atoms with Crippen LogP contribution in [0.3, 0.4) is 0 Å². The molecule has 1 aliphatic carbocycles. The minimum atomic E-state index is -0.235. The number of aromatic hydroxyl groups is 1. The zero-order chi connectivity index (χ0) is 14.2. The number of hydrogen-bond acceptors (Lipinski definition) is 4. The van der Waals surface area contributed by atoms with Crippen molar-refractivity contribution in [3.05, 3.63) is 24.3 Å². The summed E-state index contributed by atoms with van der Waals surface area (Å²) >= 11 is 0. The smallest absolute Gasteiger partial charge is 0.230 e. The average Bonchev–Trinajstić information content (AvgIpc) is 3.29. The Bertz CT molecular complexity index is 488. The van der Waals surface area contributed by atoms with Crippen LogP contribution in [0.2, 0.25) is 0 Å². The van der Waals surface area contributed by atoms with Gasteiger partial charge in [-0.05, 0) is 37.1 Å². The van der Waals surface area contributed by atoms with Gasteiger partial charge in [-0.1, -0.05) is 0 Å². The maximum absolute atomic E-state index is 12.4. The minimum Gasteiger partial charge on any atom is -0.508 e. The molecule has 0 radical (unpaired) electrons. The Morgan fingerprint density at radius 3 is 2.25 bits per heavy atom. The maximum Gasteiger partial charge on any atom is 0.230 e. The first-order chi connectivity index (χ1) is 9.64. The molecular weight excluding hydrogens is 254 g/mol. The number of carbonyl (C=O) groups is 1. The second-order valence-corrected chi connectivity index (χ2v) is 5.78. The average molecular weight is 275 g/mol. The molecule has 3 rings (SSSR count). The Kier molecular flexibility index (Phi) is 3.30. The highest BCUT2D eigenvalue weighted by molar-refractivity contribution is 5.86. The molecule has 1 aliphatic heterocycles. The van der Waals surface area contributed by atoms with E-state index < -0.39 is 0 Å². The van der Waals surface area contributed by atoms with E-state index in [-0.39, 0.29) is 17.1 Å². The van der Waals surface area contributed by atoms with Crippen LogP contribution >= 0.6 is 0 Å². The number of nitrogens with two attached hydrogens (primary N) is 1. The van der Waals surface area contributed by atoms with Gasteiger partial charge in [0, 0.05) is 38.4 Å². The number of amides is 1. The summed E-state index contributed by atoms with van der Waals surface area (Å²) in [5.41, 5.74) is 6.58. The van der Waals surface area contributed by atoms with Crippen LogP contribution < -0.4 is 10.6 Å². The van der Waals surface area contributed by atoms with Crippen LogP contribution in [-0.4, -0.2) is 48.6 Å². The molecule has 5 heteroatoms. The van der Waals surface area contributed by atoms with Crippen molar-refractivity contribution in [1.29, 1.82) is 0 Å². The zero-order valence-electron chi connectivity index (χ0n) is 11.6. The Morgan fingerprint density at radius 1 is 1.15 bits per heavy atom. The van der Waals surface area contributed by atoms with Crippen molar-refractivity contribution in [2.75, 3.05) is 37.6 Å². The van der Waals surface area contributed by atoms with Crippen molar-refractivity contribution in [3.8, 4) is 5.75 Å². The van der Waals surface area contributed by atoms with Crippen LogP contribution in [0.15, 0.2) is 24.3 Å². The number of piperazine rings is 1. The zero-order valence-corrected chi connectivity index (χ0v) is 11.6. The third kappa shape index (κ3) is 2.33. The number of phenolic OH excluding ortho intramolecular Hbond substituents is 1. The third-order valence-corrected chi connectivity index (χ3v) is 4.48. The fourth-order valence-electron chi connectivity index (χ4n) is 2.82. The molecule has 0 atom stereocenters. The monoisotopic (exact) mass is 275 g/mol. The molecule has 1 amide bonds. The SMILES string of the molecule is NCC1(C(=O)N2CCN(c3ccc(O)cc3)CC2)CC1. The van der Waals surface area contributed by atoms with Gasteiger partial charge in [-0.2, -0.15) is 0 Å². The molecule has 1 aromatic rings. The standard InChI is InChI=1S/C15H21N3O2/c16-11-15(5-6-15)14(20)18-9-7-17(8-10-18)12-1-3-13(19)4-2-12/h1-4,19H,5-11,16H2. The summed E-state index contributed by atoms with van der Waals surface area (Å²) in [6.45, 7) is 3.64. The van der Waals surface area contributed by atoms with E-state index in [9.17, 15) is 9.90 Å². The number of benzene rings is 1. The van der Waals surface area contributed by atoms with Gasteiger partial charge in [0.2, 0.25) is 5.91 Å². The summed E-state index contributed by atoms with van der Waals surface area (Å²) < 4.78 is 0. The van der Waals surface area contributed by atoms with Gasteiger partial charge < -0.3 is 20.6 Å². The molecule has 2 fully saturated rings. The van der Waals surface area contributed by atoms with Crippen molar-refractivity contribution in [1.82, 2.24) is 4.90 Å². The van der Waals surface area contributed by atoms with Crippen molar-refractivity contribution in [2.24, 2.45) is 11.1 Å². The van der Waals surface area contributed by atoms with Gasteiger partial charge in [0.15, 0.2) is 0 Å². The minimum absolute atomic E-state index is 0.235. The summed E-state index contributed by atoms with van der Waals surface area (Å²) in [4.78, 5) is 16.6. The summed E-state index contributed by atoms with van der Waals surface area (Å²) in [6, 6.07) is 7.21. The van der Waals surface area contributed by atoms with Gasteiger partial charge in [-0.15, -0.1) is 0 Å². The molecule has 0 aromatic heterocycles. The van der Waals surface area contributed by atoms with Gasteiger partial charge in [-0.25, -0.2) is 0 Å². The van der Waals surface area contributed by atoms with Crippen LogP contribution in [0.5, 0.6) is 5.75 Å². The van der Waals surface area contributed by atoms with Crippen molar-refractivity contribution >= 4 is 11.6 Å². The number of hydrogen-bond donors (Lipinski definition) is 2. The first-order valence-electron chi connectivity index (χ1n) is 7.18. The van der Waals surface area contributed by atoms with E-state index in [1.165, 1.54) is 0 Å². The van der Waals surface area contributed by atoms with Crippen LogP contribution in [0.25, 0.3) is 0 Å². The quantitative estimate of drug-likeness (QED) is 0.855. The van der Waals surface area contributed by atoms with E-state index in [2.05, 4.69) is 4.90 Å². The molecule has 1 saturated carbocycles. The van der Waals surface area contributed by atoms with Crippen LogP contribution in [0, 0.1) is 5.41 Å². The van der Waals surface area contributed by atoms with E-state index in [1.807, 2.05) is 17.0 Å². The van der Waals surface area contributed by atoms with Crippen molar-refractivity contribution < 1.29 is 9.90 Å². The van der Waals surface area contributed by atoms with Gasteiger partial charge in [0.25, 0.3) is 0 Å². The Labute approximate surface area is 119 Å². The number of rotatable bonds is 3. The Balaban J connectivity index is 1.59. The van der Waals surface area contributed by atoms with E-state index >= 15 is 0 Å². The number of carbonyl (C=O) groups excluding carboxylic acids is 1. The summed E-state index contributed by atoms with van der Waals surface area (Å²) in [7, 11) is 0. The molecule has 2 aliphatic rings. The highest BCUT2D eigenvalue weighted by Gasteiger charge is 2.50. The van der Waals surface area contributed by atoms with Gasteiger partial charge in [0.05, 0.1) is 5.41 Å². The van der Waals surface area contributed by atoms with Crippen LogP contribution in [0.4, 0.5) is 5.69 Å². The van der Waals surface area contributed by atoms with Gasteiger partial charge in [-0.3, -0.25) is 4.79 Å². The topological polar surface area (TPSA) is 69.8 Å². The molecule has 1 aromatic carbocycles. The fraction of sp³-hybridized carbons (Fsp3) is 0.533. The molecule has 108 valence electrons. The predicted molar refractivity (Wildman–Crippen MR) is 77.6 cm³/mol. The molecule has 0 unspecified atom stereocenters. The largest absolute Gasteiger partial charge is 0.508 e. The summed E-state index contributed by atoms with van der Waals surface area (Å²) in [5, 5.41) is 9.31. The van der Waals surface area contributed by atoms with Crippen molar-refractivity contribution in [3.63, 3.8) is 0 Å². The molecule has 1 saturated heterocycles. The molecule has 0 bridgehead atoms. The van der Waals surface area contributed by atoms with Gasteiger partial charge in [0.1, 0.15) is 5.75 Å². The molecule has 20 heavy (non-hydrogen) atoms.